The summed E-state index contributed by atoms with van der Waals surface area (Å²) in [4.78, 5) is 14.9. The van der Waals surface area contributed by atoms with Gasteiger partial charge in [-0.05, 0) is 24.6 Å². The zero-order valence-electron chi connectivity index (χ0n) is 10.1. The van der Waals surface area contributed by atoms with E-state index in [1.807, 2.05) is 0 Å². The van der Waals surface area contributed by atoms with Gasteiger partial charge in [0, 0.05) is 6.54 Å². The Kier molecular flexibility index (Phi) is 3.42. The van der Waals surface area contributed by atoms with Crippen molar-refractivity contribution in [3.8, 4) is 0 Å². The Balaban J connectivity index is 2.22. The number of carbonyl (C=O) groups excluding carboxylic acids is 1. The number of aryl methyl sites for hydroxylation is 1. The van der Waals surface area contributed by atoms with Crippen LogP contribution in [0.4, 0.5) is 13.2 Å². The number of hydrogen-bond acceptors (Lipinski definition) is 2. The number of alkyl halides is 3. The fourth-order valence-corrected chi connectivity index (χ4v) is 1.77. The van der Waals surface area contributed by atoms with Crippen LogP contribution in [-0.2, 0) is 12.7 Å². The quantitative estimate of drug-likeness (QED) is 0.802. The molecule has 2 aromatic rings. The van der Waals surface area contributed by atoms with Crippen molar-refractivity contribution in [1.82, 2.24) is 9.55 Å². The summed E-state index contributed by atoms with van der Waals surface area (Å²) in [6.45, 7) is 2.01. The molecule has 0 N–H and O–H groups in total. The Morgan fingerprint density at radius 1 is 1.26 bits per heavy atom. The van der Waals surface area contributed by atoms with E-state index in [0.717, 1.165) is 12.1 Å². The van der Waals surface area contributed by atoms with E-state index in [9.17, 15) is 18.0 Å². The summed E-state index contributed by atoms with van der Waals surface area (Å²) in [6, 6.07) is 4.85. The van der Waals surface area contributed by atoms with Crippen molar-refractivity contribution in [1.29, 1.82) is 0 Å². The van der Waals surface area contributed by atoms with Crippen LogP contribution in [0.25, 0.3) is 0 Å². The summed E-state index contributed by atoms with van der Waals surface area (Å²) < 4.78 is 38.8. The molecule has 0 aliphatic carbocycles. The zero-order valence-corrected chi connectivity index (χ0v) is 10.1. The largest absolute Gasteiger partial charge is 0.416 e. The minimum absolute atomic E-state index is 0.313. The molecule has 19 heavy (non-hydrogen) atoms. The lowest BCUT2D eigenvalue weighted by atomic mass is 10.1. The Morgan fingerprint density at radius 2 is 1.89 bits per heavy atom. The summed E-state index contributed by atoms with van der Waals surface area (Å²) in [7, 11) is 0. The summed E-state index contributed by atoms with van der Waals surface area (Å²) in [5, 5.41) is 0. The number of halogens is 3. The van der Waals surface area contributed by atoms with Gasteiger partial charge in [-0.3, -0.25) is 4.79 Å². The third-order valence-corrected chi connectivity index (χ3v) is 2.82. The van der Waals surface area contributed by atoms with E-state index in [-0.39, 0.29) is 0 Å². The van der Waals surface area contributed by atoms with Crippen LogP contribution >= 0.6 is 0 Å². The molecule has 1 aromatic carbocycles. The second-order valence-corrected chi connectivity index (χ2v) is 4.16. The molecular weight excluding hydrogens is 257 g/mol. The van der Waals surface area contributed by atoms with Gasteiger partial charge in [0.25, 0.3) is 0 Å². The predicted molar refractivity (Wildman–Crippen MR) is 62.9 cm³/mol. The van der Waals surface area contributed by atoms with E-state index in [0.29, 0.717) is 29.8 Å². The maximum absolute atomic E-state index is 12.4. The molecule has 1 heterocycles. The maximum Gasteiger partial charge on any atom is 0.416 e. The minimum Gasteiger partial charge on any atom is -0.324 e. The minimum atomic E-state index is -4.34. The van der Waals surface area contributed by atoms with Crippen LogP contribution in [0.5, 0.6) is 0 Å². The zero-order chi connectivity index (χ0) is 14.0. The van der Waals surface area contributed by atoms with Crippen LogP contribution < -0.4 is 0 Å². The lowest BCUT2D eigenvalue weighted by Crippen LogP contribution is -2.06. The summed E-state index contributed by atoms with van der Waals surface area (Å²) in [5.41, 5.74) is 1.02. The average Bonchev–Trinajstić information content (AvgIpc) is 2.69. The molecule has 6 heteroatoms. The molecule has 0 unspecified atom stereocenters. The summed E-state index contributed by atoms with van der Waals surface area (Å²) in [6.07, 6.45) is -2.15. The Hall–Kier alpha value is -2.11. The average molecular weight is 268 g/mol. The van der Waals surface area contributed by atoms with Crippen molar-refractivity contribution >= 4 is 6.29 Å². The monoisotopic (exact) mass is 268 g/mol. The molecule has 0 spiro atoms. The number of carbonyl (C=O) groups is 1. The molecule has 0 atom stereocenters. The van der Waals surface area contributed by atoms with Crippen molar-refractivity contribution in [2.75, 3.05) is 0 Å². The second kappa shape index (κ2) is 4.87. The molecule has 0 amide bonds. The van der Waals surface area contributed by atoms with Crippen molar-refractivity contribution < 1.29 is 18.0 Å². The topological polar surface area (TPSA) is 34.9 Å². The number of imidazole rings is 1. The van der Waals surface area contributed by atoms with Crippen LogP contribution in [0.15, 0.2) is 30.6 Å². The number of nitrogens with zero attached hydrogens (tertiary/aromatic N) is 2. The number of benzene rings is 1. The van der Waals surface area contributed by atoms with Gasteiger partial charge in [-0.25, -0.2) is 4.98 Å². The first-order valence-corrected chi connectivity index (χ1v) is 5.55. The van der Waals surface area contributed by atoms with Crippen LogP contribution in [0.3, 0.4) is 0 Å². The summed E-state index contributed by atoms with van der Waals surface area (Å²) in [5.74, 6) is 0. The first-order valence-electron chi connectivity index (χ1n) is 5.55. The molecule has 0 saturated heterocycles. The number of hydrogen-bond donors (Lipinski definition) is 0. The van der Waals surface area contributed by atoms with Crippen molar-refractivity contribution in [2.24, 2.45) is 0 Å². The van der Waals surface area contributed by atoms with Crippen LogP contribution in [-0.4, -0.2) is 15.8 Å². The molecule has 0 aliphatic heterocycles. The fraction of sp³-hybridized carbons (Fsp3) is 0.231. The normalized spacial score (nSPS) is 11.6. The molecule has 2 rings (SSSR count). The first kappa shape index (κ1) is 13.3. The third kappa shape index (κ3) is 2.83. The molecule has 0 aliphatic rings. The highest BCUT2D eigenvalue weighted by Gasteiger charge is 2.29. The SMILES string of the molecule is Cc1ncn(Cc2ccc(C(F)(F)F)cc2)c1C=O. The first-order chi connectivity index (χ1) is 8.91. The Morgan fingerprint density at radius 3 is 2.42 bits per heavy atom. The van der Waals surface area contributed by atoms with Gasteiger partial charge in [0.05, 0.1) is 17.6 Å². The molecule has 0 radical (unpaired) electrons. The summed E-state index contributed by atoms with van der Waals surface area (Å²) >= 11 is 0. The lowest BCUT2D eigenvalue weighted by molar-refractivity contribution is -0.137. The lowest BCUT2D eigenvalue weighted by Gasteiger charge is -2.08. The number of aromatic nitrogens is 2. The van der Waals surface area contributed by atoms with Gasteiger partial charge in [0.1, 0.15) is 5.69 Å². The van der Waals surface area contributed by atoms with Gasteiger partial charge in [-0.2, -0.15) is 13.2 Å². The molecule has 3 nitrogen and oxygen atoms in total. The van der Waals surface area contributed by atoms with E-state index < -0.39 is 11.7 Å². The van der Waals surface area contributed by atoms with Gasteiger partial charge in [0.15, 0.2) is 6.29 Å². The van der Waals surface area contributed by atoms with Crippen molar-refractivity contribution in [3.05, 3.63) is 53.1 Å². The second-order valence-electron chi connectivity index (χ2n) is 4.16. The van der Waals surface area contributed by atoms with E-state index in [2.05, 4.69) is 4.98 Å². The highest BCUT2D eigenvalue weighted by Crippen LogP contribution is 2.29. The molecule has 1 aromatic heterocycles. The highest BCUT2D eigenvalue weighted by atomic mass is 19.4. The standard InChI is InChI=1S/C13H11F3N2O/c1-9-12(7-19)18(8-17-9)6-10-2-4-11(5-3-10)13(14,15)16/h2-5,7-8H,6H2,1H3. The van der Waals surface area contributed by atoms with Gasteiger partial charge < -0.3 is 4.57 Å². The molecule has 0 bridgehead atoms. The van der Waals surface area contributed by atoms with Gasteiger partial charge in [-0.1, -0.05) is 12.1 Å². The third-order valence-electron chi connectivity index (χ3n) is 2.82. The molecule has 100 valence electrons. The fourth-order valence-electron chi connectivity index (χ4n) is 1.77. The van der Waals surface area contributed by atoms with Gasteiger partial charge in [-0.15, -0.1) is 0 Å². The molecule has 0 fully saturated rings. The molecule has 0 saturated carbocycles. The highest BCUT2D eigenvalue weighted by molar-refractivity contribution is 5.73. The van der Waals surface area contributed by atoms with Crippen molar-refractivity contribution in [3.63, 3.8) is 0 Å². The van der Waals surface area contributed by atoms with E-state index >= 15 is 0 Å². The molecular formula is C13H11F3N2O. The van der Waals surface area contributed by atoms with E-state index in [4.69, 9.17) is 0 Å². The Bertz CT molecular complexity index is 585. The number of aldehydes is 1. The van der Waals surface area contributed by atoms with Crippen LogP contribution in [0.2, 0.25) is 0 Å². The Labute approximate surface area is 107 Å². The number of rotatable bonds is 3. The maximum atomic E-state index is 12.4. The van der Waals surface area contributed by atoms with Crippen LogP contribution in [0.1, 0.15) is 27.3 Å². The predicted octanol–water partition coefficient (Wildman–Crippen LogP) is 3.07. The van der Waals surface area contributed by atoms with Crippen LogP contribution in [0, 0.1) is 6.92 Å². The smallest absolute Gasteiger partial charge is 0.324 e. The van der Waals surface area contributed by atoms with E-state index in [1.54, 1.807) is 11.5 Å². The van der Waals surface area contributed by atoms with Gasteiger partial charge in [0.2, 0.25) is 0 Å². The van der Waals surface area contributed by atoms with E-state index in [1.165, 1.54) is 18.5 Å². The van der Waals surface area contributed by atoms with Crippen molar-refractivity contribution in [2.45, 2.75) is 19.6 Å². The van der Waals surface area contributed by atoms with Gasteiger partial charge >= 0.3 is 6.18 Å².